The van der Waals surface area contributed by atoms with Crippen LogP contribution in [0.4, 0.5) is 17.1 Å². The Hall–Kier alpha value is -8.26. The molecule has 1 heteroatoms. The Labute approximate surface area is 367 Å². The van der Waals surface area contributed by atoms with Gasteiger partial charge in [0.2, 0.25) is 0 Å². The summed E-state index contributed by atoms with van der Waals surface area (Å²) in [7, 11) is 0. The van der Waals surface area contributed by atoms with Gasteiger partial charge in [-0.1, -0.05) is 194 Å². The Balaban J connectivity index is 1.17. The van der Waals surface area contributed by atoms with Crippen LogP contribution >= 0.6 is 0 Å². The summed E-state index contributed by atoms with van der Waals surface area (Å²) in [6.45, 7) is 0. The third kappa shape index (κ3) is 6.25. The fraction of sp³-hybridized carbons (Fsp3) is 0. The monoisotopic (exact) mass is 799 g/mol. The Bertz CT molecular complexity index is 3590. The van der Waals surface area contributed by atoms with Crippen LogP contribution < -0.4 is 4.90 Å². The molecule has 63 heavy (non-hydrogen) atoms. The number of hydrogen-bond acceptors (Lipinski definition) is 1. The van der Waals surface area contributed by atoms with Gasteiger partial charge in [-0.05, 0) is 153 Å². The van der Waals surface area contributed by atoms with Crippen molar-refractivity contribution in [1.82, 2.24) is 0 Å². The second kappa shape index (κ2) is 15.3. The quantitative estimate of drug-likeness (QED) is 0.145. The lowest BCUT2D eigenvalue weighted by Crippen LogP contribution is -2.09. The zero-order valence-electron chi connectivity index (χ0n) is 34.6. The van der Waals surface area contributed by atoms with Crippen LogP contribution in [0.25, 0.3) is 98.4 Å². The molecule has 0 fully saturated rings. The molecule has 0 aliphatic rings. The van der Waals surface area contributed by atoms with Gasteiger partial charge >= 0.3 is 0 Å². The van der Waals surface area contributed by atoms with Crippen LogP contribution in [-0.4, -0.2) is 0 Å². The summed E-state index contributed by atoms with van der Waals surface area (Å²) in [5.74, 6) is 0. The Morgan fingerprint density at radius 3 is 1.33 bits per heavy atom. The van der Waals surface area contributed by atoms with E-state index >= 15 is 0 Å². The number of rotatable bonds is 7. The standard InChI is InChI=1S/C62H41N/c1-5-19-42(20-6-1)57-41-58(43-33-36-49(37-34-43)63(47-24-9-3-10-25-47)48-26-11-4-12-27-48)61-55-38-35-46(56-39-45-23-13-14-28-50(45)51-29-15-16-30-52(51)56)40-59(55)53-31-17-18-32-54(53)62(61)60(57)44-21-7-2-8-22-44/h1-41H. The molecule has 0 amide bonds. The van der Waals surface area contributed by atoms with Crippen LogP contribution in [-0.2, 0) is 0 Å². The van der Waals surface area contributed by atoms with Crippen molar-refractivity contribution in [3.05, 3.63) is 249 Å². The number of para-hydroxylation sites is 2. The lowest BCUT2D eigenvalue weighted by molar-refractivity contribution is 1.28. The summed E-state index contributed by atoms with van der Waals surface area (Å²) in [6.07, 6.45) is 0. The van der Waals surface area contributed by atoms with E-state index < -0.39 is 0 Å². The second-order valence-corrected chi connectivity index (χ2v) is 16.4. The summed E-state index contributed by atoms with van der Waals surface area (Å²) in [4.78, 5) is 2.33. The van der Waals surface area contributed by atoms with Gasteiger partial charge in [0.25, 0.3) is 0 Å². The van der Waals surface area contributed by atoms with Crippen molar-refractivity contribution < 1.29 is 0 Å². The van der Waals surface area contributed by atoms with Crippen LogP contribution in [0.3, 0.4) is 0 Å². The average Bonchev–Trinajstić information content (AvgIpc) is 3.37. The van der Waals surface area contributed by atoms with Gasteiger partial charge in [0.1, 0.15) is 0 Å². The van der Waals surface area contributed by atoms with E-state index in [-0.39, 0.29) is 0 Å². The first-order chi connectivity index (χ1) is 31.3. The molecule has 0 unspecified atom stereocenters. The molecule has 12 rings (SSSR count). The Kier molecular flexibility index (Phi) is 8.90. The van der Waals surface area contributed by atoms with Gasteiger partial charge < -0.3 is 4.90 Å². The number of nitrogens with zero attached hydrogens (tertiary/aromatic N) is 1. The van der Waals surface area contributed by atoms with Crippen molar-refractivity contribution in [3.8, 4) is 44.5 Å². The van der Waals surface area contributed by atoms with E-state index in [1.54, 1.807) is 0 Å². The van der Waals surface area contributed by atoms with Gasteiger partial charge in [-0.15, -0.1) is 0 Å². The fourth-order valence-electron chi connectivity index (χ4n) is 9.98. The molecule has 0 aliphatic heterocycles. The maximum absolute atomic E-state index is 2.46. The highest BCUT2D eigenvalue weighted by Crippen LogP contribution is 2.50. The number of benzene rings is 12. The molecule has 0 aliphatic carbocycles. The molecule has 12 aromatic carbocycles. The minimum atomic E-state index is 1.10. The highest BCUT2D eigenvalue weighted by atomic mass is 15.1. The molecule has 0 saturated carbocycles. The van der Waals surface area contributed by atoms with Crippen molar-refractivity contribution in [3.63, 3.8) is 0 Å². The van der Waals surface area contributed by atoms with E-state index in [1.165, 1.54) is 98.4 Å². The molecule has 1 nitrogen and oxygen atoms in total. The van der Waals surface area contributed by atoms with Gasteiger partial charge in [0.05, 0.1) is 0 Å². The highest BCUT2D eigenvalue weighted by molar-refractivity contribution is 6.33. The third-order valence-corrected chi connectivity index (χ3v) is 12.8. The number of fused-ring (bicyclic) bond motifs is 9. The van der Waals surface area contributed by atoms with E-state index in [1.807, 2.05) is 0 Å². The topological polar surface area (TPSA) is 3.24 Å². The van der Waals surface area contributed by atoms with Gasteiger partial charge in [0.15, 0.2) is 0 Å². The van der Waals surface area contributed by atoms with Gasteiger partial charge in [-0.2, -0.15) is 0 Å². The van der Waals surface area contributed by atoms with Crippen LogP contribution in [0.2, 0.25) is 0 Å². The van der Waals surface area contributed by atoms with Crippen LogP contribution in [0.5, 0.6) is 0 Å². The van der Waals surface area contributed by atoms with Gasteiger partial charge in [-0.25, -0.2) is 0 Å². The van der Waals surface area contributed by atoms with Crippen molar-refractivity contribution in [2.45, 2.75) is 0 Å². The molecule has 0 radical (unpaired) electrons. The van der Waals surface area contributed by atoms with Crippen molar-refractivity contribution in [1.29, 1.82) is 0 Å². The normalized spacial score (nSPS) is 11.5. The summed E-state index contributed by atoms with van der Waals surface area (Å²) in [5.41, 5.74) is 13.0. The molecular weight excluding hydrogens is 759 g/mol. The molecule has 0 heterocycles. The molecule has 0 bridgehead atoms. The van der Waals surface area contributed by atoms with Crippen molar-refractivity contribution >= 4 is 70.9 Å². The lowest BCUT2D eigenvalue weighted by atomic mass is 9.81. The third-order valence-electron chi connectivity index (χ3n) is 12.8. The molecule has 0 aromatic heterocycles. The van der Waals surface area contributed by atoms with E-state index in [0.29, 0.717) is 0 Å². The van der Waals surface area contributed by atoms with Gasteiger partial charge in [0, 0.05) is 17.1 Å². The number of hydrogen-bond donors (Lipinski definition) is 0. The molecule has 0 N–H and O–H groups in total. The summed E-state index contributed by atoms with van der Waals surface area (Å²) in [5, 5.41) is 12.6. The highest BCUT2D eigenvalue weighted by Gasteiger charge is 2.23. The Morgan fingerprint density at radius 1 is 0.222 bits per heavy atom. The van der Waals surface area contributed by atoms with Crippen LogP contribution in [0.1, 0.15) is 0 Å². The maximum atomic E-state index is 2.46. The summed E-state index contributed by atoms with van der Waals surface area (Å²) < 4.78 is 0. The lowest BCUT2D eigenvalue weighted by Gasteiger charge is -2.26. The molecule has 0 spiro atoms. The largest absolute Gasteiger partial charge is 0.311 e. The molecular formula is C62H41N. The predicted octanol–water partition coefficient (Wildman–Crippen LogP) is 17.6. The summed E-state index contributed by atoms with van der Waals surface area (Å²) >= 11 is 0. The zero-order chi connectivity index (χ0) is 41.7. The van der Waals surface area contributed by atoms with Crippen molar-refractivity contribution in [2.75, 3.05) is 4.90 Å². The molecule has 294 valence electrons. The van der Waals surface area contributed by atoms with E-state index in [4.69, 9.17) is 0 Å². The first-order valence-electron chi connectivity index (χ1n) is 21.8. The van der Waals surface area contributed by atoms with E-state index in [2.05, 4.69) is 254 Å². The first kappa shape index (κ1) is 36.6. The summed E-state index contributed by atoms with van der Waals surface area (Å²) in [6, 6.07) is 91.1. The fourth-order valence-corrected chi connectivity index (χ4v) is 9.98. The van der Waals surface area contributed by atoms with Gasteiger partial charge in [-0.3, -0.25) is 0 Å². The van der Waals surface area contributed by atoms with Crippen molar-refractivity contribution in [2.24, 2.45) is 0 Å². The van der Waals surface area contributed by atoms with Crippen LogP contribution in [0.15, 0.2) is 249 Å². The molecule has 0 saturated heterocycles. The molecule has 0 atom stereocenters. The smallest absolute Gasteiger partial charge is 0.0462 e. The first-order valence-corrected chi connectivity index (χ1v) is 21.8. The zero-order valence-corrected chi connectivity index (χ0v) is 34.6. The average molecular weight is 800 g/mol. The van der Waals surface area contributed by atoms with E-state index in [0.717, 1.165) is 17.1 Å². The minimum absolute atomic E-state index is 1.10. The second-order valence-electron chi connectivity index (χ2n) is 16.4. The maximum Gasteiger partial charge on any atom is 0.0462 e. The minimum Gasteiger partial charge on any atom is -0.311 e. The van der Waals surface area contributed by atoms with Crippen LogP contribution in [0, 0.1) is 0 Å². The molecule has 12 aromatic rings. The Morgan fingerprint density at radius 2 is 0.683 bits per heavy atom. The number of anilines is 3. The predicted molar refractivity (Wildman–Crippen MR) is 270 cm³/mol. The van der Waals surface area contributed by atoms with E-state index in [9.17, 15) is 0 Å². The SMILES string of the molecule is c1ccc(-c2cc(-c3ccc(N(c4ccccc4)c4ccccc4)cc3)c3c4ccc(-c5cc6ccccc6c6ccccc56)cc4c4ccccc4c3c2-c2ccccc2)cc1.